The third-order valence-corrected chi connectivity index (χ3v) is 9.02. The minimum atomic E-state index is -0.101. The molecule has 0 aliphatic heterocycles. The van der Waals surface area contributed by atoms with Crippen molar-refractivity contribution in [3.8, 4) is 0 Å². The van der Waals surface area contributed by atoms with Gasteiger partial charge in [0, 0.05) is 0 Å². The molecule has 0 unspecified atom stereocenters. The lowest BCUT2D eigenvalue weighted by atomic mass is 9.47. The highest BCUT2D eigenvalue weighted by Crippen LogP contribution is 2.66. The van der Waals surface area contributed by atoms with Gasteiger partial charge in [0.25, 0.3) is 0 Å². The second-order valence-electron chi connectivity index (χ2n) is 10.3. The number of aliphatic hydroxyl groups is 1. The molecule has 27 heavy (non-hydrogen) atoms. The van der Waals surface area contributed by atoms with Crippen LogP contribution in [0.1, 0.15) is 69.9 Å². The first-order valence-electron chi connectivity index (χ1n) is 11.1. The first-order valence-corrected chi connectivity index (χ1v) is 11.1. The molecule has 0 bridgehead atoms. The van der Waals surface area contributed by atoms with Gasteiger partial charge in [-0.15, -0.1) is 0 Å². The van der Waals surface area contributed by atoms with Crippen molar-refractivity contribution in [2.75, 3.05) is 0 Å². The van der Waals surface area contributed by atoms with Gasteiger partial charge in [0.2, 0.25) is 0 Å². The van der Waals surface area contributed by atoms with E-state index in [-0.39, 0.29) is 6.10 Å². The molecule has 1 aromatic rings. The highest BCUT2D eigenvalue weighted by Gasteiger charge is 2.56. The molecule has 5 rings (SSSR count). The van der Waals surface area contributed by atoms with Gasteiger partial charge in [-0.2, -0.15) is 0 Å². The Bertz CT molecular complexity index is 800. The third-order valence-electron chi connectivity index (χ3n) is 9.02. The minimum absolute atomic E-state index is 0.101. The predicted molar refractivity (Wildman–Crippen MR) is 112 cm³/mol. The van der Waals surface area contributed by atoms with Crippen LogP contribution in [0.15, 0.2) is 42.0 Å². The summed E-state index contributed by atoms with van der Waals surface area (Å²) in [7, 11) is 0. The molecule has 1 nitrogen and oxygen atoms in total. The number of aryl methyl sites for hydroxylation is 1. The molecule has 0 spiro atoms. The number of hydrogen-bond acceptors (Lipinski definition) is 1. The lowest BCUT2D eigenvalue weighted by Crippen LogP contribution is -2.49. The molecule has 2 saturated carbocycles. The summed E-state index contributed by atoms with van der Waals surface area (Å²) >= 11 is 0. The maximum atomic E-state index is 10.2. The first-order chi connectivity index (χ1) is 12.9. The highest BCUT2D eigenvalue weighted by molar-refractivity contribution is 5.73. The first kappa shape index (κ1) is 17.7. The molecular weight excluding hydrogens is 328 g/mol. The van der Waals surface area contributed by atoms with Gasteiger partial charge >= 0.3 is 0 Å². The van der Waals surface area contributed by atoms with Crippen molar-refractivity contribution in [2.45, 2.75) is 71.8 Å². The zero-order valence-electron chi connectivity index (χ0n) is 17.2. The fraction of sp³-hybridized carbons (Fsp3) is 0.615. The third kappa shape index (κ3) is 2.54. The van der Waals surface area contributed by atoms with E-state index >= 15 is 0 Å². The van der Waals surface area contributed by atoms with Crippen LogP contribution in [0, 0.1) is 35.5 Å². The molecule has 1 aromatic carbocycles. The molecule has 0 amide bonds. The average Bonchev–Trinajstić information content (AvgIpc) is 3.00. The maximum absolute atomic E-state index is 10.2. The van der Waals surface area contributed by atoms with Crippen molar-refractivity contribution in [1.82, 2.24) is 0 Å². The second-order valence-corrected chi connectivity index (χ2v) is 10.3. The number of allylic oxidation sites excluding steroid dienone is 3. The number of rotatable bonds is 1. The van der Waals surface area contributed by atoms with Crippen LogP contribution in [0.4, 0.5) is 0 Å². The Labute approximate surface area is 164 Å². The van der Waals surface area contributed by atoms with Crippen LogP contribution in [-0.2, 0) is 0 Å². The van der Waals surface area contributed by atoms with Crippen LogP contribution < -0.4 is 0 Å². The number of benzene rings is 1. The smallest absolute Gasteiger partial charge is 0.0577 e. The summed E-state index contributed by atoms with van der Waals surface area (Å²) < 4.78 is 0. The van der Waals surface area contributed by atoms with Crippen LogP contribution in [0.3, 0.4) is 0 Å². The van der Waals surface area contributed by atoms with Crippen molar-refractivity contribution in [3.63, 3.8) is 0 Å². The van der Waals surface area contributed by atoms with Crippen LogP contribution >= 0.6 is 0 Å². The SMILES string of the molecule is Cc1ccc(C2=CC[C@H]3[C@@H]4CC=C5C[C@@H](O)CC[C@]5(C)[C@H]4CC[C@]23C)cc1. The van der Waals surface area contributed by atoms with Gasteiger partial charge in [-0.1, -0.05) is 61.4 Å². The Kier molecular flexibility index (Phi) is 3.99. The summed E-state index contributed by atoms with van der Waals surface area (Å²) in [6, 6.07) is 9.21. The van der Waals surface area contributed by atoms with E-state index in [9.17, 15) is 5.11 Å². The summed E-state index contributed by atoms with van der Waals surface area (Å²) in [5.41, 5.74) is 6.67. The van der Waals surface area contributed by atoms with Crippen molar-refractivity contribution < 1.29 is 5.11 Å². The van der Waals surface area contributed by atoms with Gasteiger partial charge in [0.15, 0.2) is 0 Å². The van der Waals surface area contributed by atoms with Crippen LogP contribution in [-0.4, -0.2) is 11.2 Å². The van der Waals surface area contributed by atoms with Crippen LogP contribution in [0.25, 0.3) is 5.57 Å². The second kappa shape index (κ2) is 6.08. The summed E-state index contributed by atoms with van der Waals surface area (Å²) in [5.74, 6) is 2.41. The van der Waals surface area contributed by atoms with E-state index in [1.807, 2.05) is 0 Å². The van der Waals surface area contributed by atoms with E-state index in [4.69, 9.17) is 0 Å². The summed E-state index contributed by atoms with van der Waals surface area (Å²) in [4.78, 5) is 0. The van der Waals surface area contributed by atoms with Gasteiger partial charge in [-0.05, 0) is 91.6 Å². The molecule has 144 valence electrons. The number of aliphatic hydroxyl groups excluding tert-OH is 1. The number of fused-ring (bicyclic) bond motifs is 5. The topological polar surface area (TPSA) is 20.2 Å². The molecule has 4 aliphatic rings. The Morgan fingerprint density at radius 3 is 2.41 bits per heavy atom. The lowest BCUT2D eigenvalue weighted by Gasteiger charge is -2.57. The Balaban J connectivity index is 1.46. The van der Waals surface area contributed by atoms with Gasteiger partial charge < -0.3 is 5.11 Å². The summed E-state index contributed by atoms with van der Waals surface area (Å²) in [6.07, 6.45) is 13.3. The van der Waals surface area contributed by atoms with E-state index in [0.717, 1.165) is 30.6 Å². The molecule has 1 N–H and O–H groups in total. The van der Waals surface area contributed by atoms with Crippen molar-refractivity contribution >= 4 is 5.57 Å². The zero-order chi connectivity index (χ0) is 18.8. The predicted octanol–water partition coefficient (Wildman–Crippen LogP) is 6.31. The van der Waals surface area contributed by atoms with Crippen LogP contribution in [0.5, 0.6) is 0 Å². The Hall–Kier alpha value is -1.34. The fourth-order valence-electron chi connectivity index (χ4n) is 7.39. The highest BCUT2D eigenvalue weighted by atomic mass is 16.3. The van der Waals surface area contributed by atoms with Crippen LogP contribution in [0.2, 0.25) is 0 Å². The maximum Gasteiger partial charge on any atom is 0.0577 e. The number of hydrogen-bond donors (Lipinski definition) is 1. The largest absolute Gasteiger partial charge is 0.393 e. The van der Waals surface area contributed by atoms with Gasteiger partial charge in [-0.3, -0.25) is 0 Å². The lowest BCUT2D eigenvalue weighted by molar-refractivity contribution is -0.0238. The quantitative estimate of drug-likeness (QED) is 0.580. The van der Waals surface area contributed by atoms with E-state index in [1.165, 1.54) is 43.2 Å². The standard InChI is InChI=1S/C26H34O/c1-17-4-6-18(7-5-17)22-10-11-23-21-9-8-19-16-20(27)12-14-25(19,2)24(21)13-15-26(22,23)3/h4-8,10,20-21,23-24,27H,9,11-16H2,1-3H3/t20-,21-,23-,24-,25-,26+/m0/s1. The normalized spacial score (nSPS) is 43.3. The van der Waals surface area contributed by atoms with Crippen molar-refractivity contribution in [3.05, 3.63) is 53.1 Å². The molecule has 6 atom stereocenters. The van der Waals surface area contributed by atoms with Crippen molar-refractivity contribution in [1.29, 1.82) is 0 Å². The minimum Gasteiger partial charge on any atom is -0.393 e. The molecular formula is C26H34O. The van der Waals surface area contributed by atoms with E-state index in [0.29, 0.717) is 10.8 Å². The molecule has 0 aromatic heterocycles. The molecule has 2 fully saturated rings. The summed E-state index contributed by atoms with van der Waals surface area (Å²) in [5, 5.41) is 10.2. The van der Waals surface area contributed by atoms with Crippen molar-refractivity contribution in [2.24, 2.45) is 28.6 Å². The summed E-state index contributed by atoms with van der Waals surface area (Å²) in [6.45, 7) is 7.25. The van der Waals surface area contributed by atoms with E-state index in [2.05, 4.69) is 57.2 Å². The molecule has 0 saturated heterocycles. The van der Waals surface area contributed by atoms with Gasteiger partial charge in [0.1, 0.15) is 0 Å². The Morgan fingerprint density at radius 2 is 1.63 bits per heavy atom. The monoisotopic (exact) mass is 362 g/mol. The van der Waals surface area contributed by atoms with E-state index < -0.39 is 0 Å². The fourth-order valence-corrected chi connectivity index (χ4v) is 7.39. The Morgan fingerprint density at radius 1 is 0.889 bits per heavy atom. The average molecular weight is 363 g/mol. The molecule has 0 heterocycles. The molecule has 4 aliphatic carbocycles. The van der Waals surface area contributed by atoms with Gasteiger partial charge in [-0.25, -0.2) is 0 Å². The molecule has 1 heteroatoms. The molecule has 0 radical (unpaired) electrons. The van der Waals surface area contributed by atoms with Gasteiger partial charge in [0.05, 0.1) is 6.10 Å². The van der Waals surface area contributed by atoms with E-state index in [1.54, 1.807) is 11.1 Å². The zero-order valence-corrected chi connectivity index (χ0v) is 17.2.